The predicted molar refractivity (Wildman–Crippen MR) is 90.0 cm³/mol. The van der Waals surface area contributed by atoms with Gasteiger partial charge in [0, 0.05) is 5.56 Å². The molecule has 1 aliphatic carbocycles. The lowest BCUT2D eigenvalue weighted by Crippen LogP contribution is -2.31. The Morgan fingerprint density at radius 2 is 1.96 bits per heavy atom. The topological polar surface area (TPSA) is 52.6 Å². The summed E-state index contributed by atoms with van der Waals surface area (Å²) < 4.78 is 10.8. The highest BCUT2D eigenvalue weighted by Crippen LogP contribution is 2.29. The number of carbonyl (C=O) groups excluding carboxylic acids is 2. The second-order valence-electron chi connectivity index (χ2n) is 5.80. The molecule has 0 saturated heterocycles. The van der Waals surface area contributed by atoms with Crippen LogP contribution in [0.3, 0.4) is 0 Å². The molecule has 0 spiro atoms. The van der Waals surface area contributed by atoms with E-state index in [-0.39, 0.29) is 5.78 Å². The van der Waals surface area contributed by atoms with E-state index in [2.05, 4.69) is 0 Å². The lowest BCUT2D eigenvalue weighted by atomic mass is 9.82. The first kappa shape index (κ1) is 16.2. The SMILES string of the molecule is CCOC(=O)[C@@H]1CCc2cc(OCc3ccccc3)ccc2C1=O. The van der Waals surface area contributed by atoms with Crippen LogP contribution in [-0.4, -0.2) is 18.4 Å². The van der Waals surface area contributed by atoms with Gasteiger partial charge in [0.2, 0.25) is 0 Å². The molecule has 2 aromatic carbocycles. The maximum absolute atomic E-state index is 12.5. The van der Waals surface area contributed by atoms with Crippen molar-refractivity contribution in [2.45, 2.75) is 26.4 Å². The molecule has 1 aliphatic rings. The number of Topliss-reactive ketones (excluding diaryl/α,β-unsaturated/α-hetero) is 1. The van der Waals surface area contributed by atoms with Crippen LogP contribution in [0.2, 0.25) is 0 Å². The van der Waals surface area contributed by atoms with Gasteiger partial charge in [-0.25, -0.2) is 0 Å². The van der Waals surface area contributed by atoms with Crippen molar-refractivity contribution < 1.29 is 19.1 Å². The van der Waals surface area contributed by atoms with Crippen molar-refractivity contribution in [2.75, 3.05) is 6.61 Å². The quantitative estimate of drug-likeness (QED) is 0.623. The number of hydrogen-bond donors (Lipinski definition) is 0. The number of fused-ring (bicyclic) bond motifs is 1. The Morgan fingerprint density at radius 1 is 1.17 bits per heavy atom. The molecule has 0 radical (unpaired) electrons. The van der Waals surface area contributed by atoms with E-state index < -0.39 is 11.9 Å². The molecule has 2 aromatic rings. The molecular weight excluding hydrogens is 304 g/mol. The lowest BCUT2D eigenvalue weighted by Gasteiger charge is -2.22. The summed E-state index contributed by atoms with van der Waals surface area (Å²) in [6.45, 7) is 2.52. The molecule has 0 bridgehead atoms. The smallest absolute Gasteiger partial charge is 0.316 e. The summed E-state index contributed by atoms with van der Waals surface area (Å²) in [4.78, 5) is 24.4. The van der Waals surface area contributed by atoms with Crippen LogP contribution in [0.5, 0.6) is 5.75 Å². The zero-order valence-electron chi connectivity index (χ0n) is 13.7. The molecule has 0 N–H and O–H groups in total. The van der Waals surface area contributed by atoms with Crippen LogP contribution in [0, 0.1) is 5.92 Å². The second kappa shape index (κ2) is 7.30. The van der Waals surface area contributed by atoms with Crippen LogP contribution in [0.4, 0.5) is 0 Å². The zero-order chi connectivity index (χ0) is 16.9. The third kappa shape index (κ3) is 3.48. The number of ether oxygens (including phenoxy) is 2. The fourth-order valence-corrected chi connectivity index (χ4v) is 2.93. The van der Waals surface area contributed by atoms with Crippen LogP contribution in [-0.2, 0) is 22.6 Å². The summed E-state index contributed by atoms with van der Waals surface area (Å²) in [6.07, 6.45) is 1.17. The van der Waals surface area contributed by atoms with Crippen molar-refractivity contribution in [1.82, 2.24) is 0 Å². The average molecular weight is 324 g/mol. The van der Waals surface area contributed by atoms with Crippen LogP contribution in [0.25, 0.3) is 0 Å². The Morgan fingerprint density at radius 3 is 2.71 bits per heavy atom. The fourth-order valence-electron chi connectivity index (χ4n) is 2.93. The van der Waals surface area contributed by atoms with E-state index in [1.165, 1.54) is 0 Å². The van der Waals surface area contributed by atoms with Gasteiger partial charge in [0.15, 0.2) is 5.78 Å². The van der Waals surface area contributed by atoms with Crippen molar-refractivity contribution in [1.29, 1.82) is 0 Å². The van der Waals surface area contributed by atoms with Crippen molar-refractivity contribution in [3.63, 3.8) is 0 Å². The predicted octanol–water partition coefficient (Wildman–Crippen LogP) is 3.57. The third-order valence-electron chi connectivity index (χ3n) is 4.18. The van der Waals surface area contributed by atoms with Gasteiger partial charge in [0.25, 0.3) is 0 Å². The van der Waals surface area contributed by atoms with Crippen molar-refractivity contribution in [3.8, 4) is 5.75 Å². The van der Waals surface area contributed by atoms with Gasteiger partial charge in [-0.2, -0.15) is 0 Å². The molecule has 0 fully saturated rings. The highest BCUT2D eigenvalue weighted by atomic mass is 16.5. The van der Waals surface area contributed by atoms with Gasteiger partial charge >= 0.3 is 5.97 Å². The minimum absolute atomic E-state index is 0.149. The summed E-state index contributed by atoms with van der Waals surface area (Å²) in [5, 5.41) is 0. The van der Waals surface area contributed by atoms with Gasteiger partial charge in [-0.15, -0.1) is 0 Å². The Hall–Kier alpha value is -2.62. The molecule has 1 atom stereocenters. The molecular formula is C20H20O4. The first-order valence-electron chi connectivity index (χ1n) is 8.19. The first-order chi connectivity index (χ1) is 11.7. The number of ketones is 1. The number of rotatable bonds is 5. The molecule has 4 heteroatoms. The minimum Gasteiger partial charge on any atom is -0.489 e. The van der Waals surface area contributed by atoms with Crippen molar-refractivity contribution in [2.24, 2.45) is 5.92 Å². The summed E-state index contributed by atoms with van der Waals surface area (Å²) in [6, 6.07) is 15.4. The standard InChI is InChI=1S/C20H20O4/c1-2-23-20(22)18-10-8-15-12-16(9-11-17(15)19(18)21)24-13-14-6-4-3-5-7-14/h3-7,9,11-12,18H,2,8,10,13H2,1H3/t18-/m1/s1. The van der Waals surface area contributed by atoms with E-state index in [9.17, 15) is 9.59 Å². The van der Waals surface area contributed by atoms with Gasteiger partial charge in [-0.3, -0.25) is 9.59 Å². The maximum Gasteiger partial charge on any atom is 0.316 e. The monoisotopic (exact) mass is 324 g/mol. The molecule has 0 amide bonds. The van der Waals surface area contributed by atoms with E-state index in [0.717, 1.165) is 16.9 Å². The van der Waals surface area contributed by atoms with Crippen LogP contribution >= 0.6 is 0 Å². The molecule has 0 aliphatic heterocycles. The summed E-state index contributed by atoms with van der Waals surface area (Å²) >= 11 is 0. The van der Waals surface area contributed by atoms with Crippen LogP contribution in [0.15, 0.2) is 48.5 Å². The molecule has 124 valence electrons. The number of hydrogen-bond acceptors (Lipinski definition) is 4. The second-order valence-corrected chi connectivity index (χ2v) is 5.80. The van der Waals surface area contributed by atoms with Gasteiger partial charge in [0.1, 0.15) is 18.3 Å². The van der Waals surface area contributed by atoms with E-state index in [1.54, 1.807) is 19.1 Å². The summed E-state index contributed by atoms with van der Waals surface area (Å²) in [5.41, 5.74) is 2.63. The van der Waals surface area contributed by atoms with Crippen LogP contribution < -0.4 is 4.74 Å². The van der Waals surface area contributed by atoms with Crippen molar-refractivity contribution in [3.05, 3.63) is 65.2 Å². The number of benzene rings is 2. The highest BCUT2D eigenvalue weighted by Gasteiger charge is 2.33. The molecule has 4 nitrogen and oxygen atoms in total. The molecule has 3 rings (SSSR count). The number of esters is 1. The summed E-state index contributed by atoms with van der Waals surface area (Å²) in [7, 11) is 0. The Labute approximate surface area is 141 Å². The van der Waals surface area contributed by atoms with E-state index >= 15 is 0 Å². The Bertz CT molecular complexity index is 737. The van der Waals surface area contributed by atoms with Gasteiger partial charge in [0.05, 0.1) is 6.61 Å². The Kier molecular flexibility index (Phi) is 4.94. The fraction of sp³-hybridized carbons (Fsp3) is 0.300. The van der Waals surface area contributed by atoms with E-state index in [0.29, 0.717) is 31.6 Å². The van der Waals surface area contributed by atoms with Gasteiger partial charge in [-0.05, 0) is 49.1 Å². The minimum atomic E-state index is -0.673. The van der Waals surface area contributed by atoms with E-state index in [4.69, 9.17) is 9.47 Å². The molecule has 24 heavy (non-hydrogen) atoms. The van der Waals surface area contributed by atoms with Gasteiger partial charge in [-0.1, -0.05) is 30.3 Å². The number of carbonyl (C=O) groups is 2. The maximum atomic E-state index is 12.5. The largest absolute Gasteiger partial charge is 0.489 e. The zero-order valence-corrected chi connectivity index (χ0v) is 13.7. The number of aryl methyl sites for hydroxylation is 1. The lowest BCUT2D eigenvalue weighted by molar-refractivity contribution is -0.146. The van der Waals surface area contributed by atoms with Gasteiger partial charge < -0.3 is 9.47 Å². The first-order valence-corrected chi connectivity index (χ1v) is 8.19. The third-order valence-corrected chi connectivity index (χ3v) is 4.18. The molecule has 0 heterocycles. The normalized spacial score (nSPS) is 16.4. The molecule has 0 unspecified atom stereocenters. The van der Waals surface area contributed by atoms with Crippen LogP contribution in [0.1, 0.15) is 34.8 Å². The van der Waals surface area contributed by atoms with Crippen molar-refractivity contribution >= 4 is 11.8 Å². The van der Waals surface area contributed by atoms with E-state index in [1.807, 2.05) is 36.4 Å². The average Bonchev–Trinajstić information content (AvgIpc) is 2.61. The summed E-state index contributed by atoms with van der Waals surface area (Å²) in [5.74, 6) is -0.504. The molecule has 0 saturated carbocycles. The molecule has 0 aromatic heterocycles. The Balaban J connectivity index is 1.71. The highest BCUT2D eigenvalue weighted by molar-refractivity contribution is 6.10.